The molecule has 64 heavy (non-hydrogen) atoms. The highest BCUT2D eigenvalue weighted by Gasteiger charge is 2.19. The number of hydrogen-bond acceptors (Lipinski definition) is 6. The molecule has 0 heterocycles. The molecular formula is C58H102O6. The molecule has 0 aromatic heterocycles. The van der Waals surface area contributed by atoms with Gasteiger partial charge in [-0.2, -0.15) is 0 Å². The fraction of sp³-hybridized carbons (Fsp3) is 0.776. The predicted molar refractivity (Wildman–Crippen MR) is 275 cm³/mol. The van der Waals surface area contributed by atoms with Crippen molar-refractivity contribution in [3.05, 3.63) is 60.8 Å². The SMILES string of the molecule is CCCC/C=C\C/C=C\CCCCCCCC(=O)OC(COC(=O)CCCCCCCC/C=C\C/C=C\C/C=C\CCCCCCC)COC(=O)CCCCCCCCCCCCC. The summed E-state index contributed by atoms with van der Waals surface area (Å²) in [6.07, 6.45) is 64.9. The smallest absolute Gasteiger partial charge is 0.306 e. The quantitative estimate of drug-likeness (QED) is 0.0262. The molecule has 1 atom stereocenters. The number of unbranched alkanes of at least 4 members (excludes halogenated alkanes) is 28. The molecule has 0 saturated heterocycles. The number of rotatable bonds is 49. The van der Waals surface area contributed by atoms with Gasteiger partial charge in [0.05, 0.1) is 0 Å². The van der Waals surface area contributed by atoms with E-state index in [1.807, 2.05) is 0 Å². The summed E-state index contributed by atoms with van der Waals surface area (Å²) < 4.78 is 16.8. The third-order valence-corrected chi connectivity index (χ3v) is 11.7. The van der Waals surface area contributed by atoms with Crippen molar-refractivity contribution >= 4 is 17.9 Å². The number of ether oxygens (including phenoxy) is 3. The van der Waals surface area contributed by atoms with Crippen molar-refractivity contribution in [2.45, 2.75) is 277 Å². The molecule has 0 bridgehead atoms. The molecule has 0 N–H and O–H groups in total. The minimum Gasteiger partial charge on any atom is -0.462 e. The summed E-state index contributed by atoms with van der Waals surface area (Å²) in [7, 11) is 0. The zero-order valence-corrected chi connectivity index (χ0v) is 42.3. The van der Waals surface area contributed by atoms with Gasteiger partial charge in [0.1, 0.15) is 13.2 Å². The van der Waals surface area contributed by atoms with Crippen LogP contribution in [0.15, 0.2) is 60.8 Å². The summed E-state index contributed by atoms with van der Waals surface area (Å²) in [4.78, 5) is 38.0. The van der Waals surface area contributed by atoms with Crippen LogP contribution in [0, 0.1) is 0 Å². The van der Waals surface area contributed by atoms with Gasteiger partial charge < -0.3 is 14.2 Å². The van der Waals surface area contributed by atoms with Gasteiger partial charge in [0.15, 0.2) is 6.10 Å². The highest BCUT2D eigenvalue weighted by atomic mass is 16.6. The summed E-state index contributed by atoms with van der Waals surface area (Å²) in [5.41, 5.74) is 0. The standard InChI is InChI=1S/C58H102O6/c1-4-7-10-13-16-19-22-24-26-27-28-29-30-31-32-34-36-39-42-45-48-51-57(60)63-54-55(53-62-56(59)50-47-44-41-38-35-21-18-15-12-9-6-3)64-58(61)52-49-46-43-40-37-33-25-23-20-17-14-11-8-5-2/h14,17,22-25,27-28,30-31,55H,4-13,15-16,18-21,26,29,32-54H2,1-3H3/b17-14-,24-22-,25-23-,28-27-,31-30-. The molecule has 6 heteroatoms. The fourth-order valence-electron chi connectivity index (χ4n) is 7.58. The van der Waals surface area contributed by atoms with Crippen molar-refractivity contribution in [2.24, 2.45) is 0 Å². The minimum atomic E-state index is -0.784. The van der Waals surface area contributed by atoms with Crippen LogP contribution < -0.4 is 0 Å². The van der Waals surface area contributed by atoms with Gasteiger partial charge in [0.2, 0.25) is 0 Å². The molecule has 0 saturated carbocycles. The average Bonchev–Trinajstić information content (AvgIpc) is 3.29. The maximum absolute atomic E-state index is 12.8. The molecule has 0 amide bonds. The molecule has 0 fully saturated rings. The first-order valence-electron chi connectivity index (χ1n) is 27.3. The first kappa shape index (κ1) is 61.1. The van der Waals surface area contributed by atoms with Gasteiger partial charge in [-0.15, -0.1) is 0 Å². The summed E-state index contributed by atoms with van der Waals surface area (Å²) in [5.74, 6) is -0.904. The van der Waals surface area contributed by atoms with Crippen molar-refractivity contribution in [3.63, 3.8) is 0 Å². The summed E-state index contributed by atoms with van der Waals surface area (Å²) >= 11 is 0. The van der Waals surface area contributed by atoms with E-state index in [1.54, 1.807) is 0 Å². The van der Waals surface area contributed by atoms with Crippen LogP contribution in [0.25, 0.3) is 0 Å². The largest absolute Gasteiger partial charge is 0.462 e. The highest BCUT2D eigenvalue weighted by Crippen LogP contribution is 2.15. The molecule has 0 aromatic rings. The Bertz CT molecular complexity index is 1170. The van der Waals surface area contributed by atoms with E-state index in [0.717, 1.165) is 103 Å². The molecule has 6 nitrogen and oxygen atoms in total. The lowest BCUT2D eigenvalue weighted by Gasteiger charge is -2.18. The lowest BCUT2D eigenvalue weighted by Crippen LogP contribution is -2.30. The Morgan fingerprint density at radius 3 is 0.922 bits per heavy atom. The highest BCUT2D eigenvalue weighted by molar-refractivity contribution is 5.71. The van der Waals surface area contributed by atoms with Gasteiger partial charge in [0, 0.05) is 19.3 Å². The molecule has 0 aliphatic rings. The Labute approximate surface area is 396 Å². The van der Waals surface area contributed by atoms with Crippen LogP contribution in [-0.4, -0.2) is 37.2 Å². The van der Waals surface area contributed by atoms with Crippen LogP contribution in [0.4, 0.5) is 0 Å². The van der Waals surface area contributed by atoms with E-state index in [9.17, 15) is 14.4 Å². The van der Waals surface area contributed by atoms with Gasteiger partial charge in [-0.05, 0) is 83.5 Å². The molecule has 0 aliphatic carbocycles. The molecule has 0 rings (SSSR count). The number of allylic oxidation sites excluding steroid dienone is 10. The van der Waals surface area contributed by atoms with Crippen molar-refractivity contribution in [2.75, 3.05) is 13.2 Å². The first-order chi connectivity index (χ1) is 31.5. The third-order valence-electron chi connectivity index (χ3n) is 11.7. The van der Waals surface area contributed by atoms with Crippen LogP contribution in [-0.2, 0) is 28.6 Å². The Balaban J connectivity index is 4.35. The maximum Gasteiger partial charge on any atom is 0.306 e. The van der Waals surface area contributed by atoms with Crippen molar-refractivity contribution < 1.29 is 28.6 Å². The Morgan fingerprint density at radius 1 is 0.312 bits per heavy atom. The average molecular weight is 895 g/mol. The number of esters is 3. The van der Waals surface area contributed by atoms with Gasteiger partial charge in [0.25, 0.3) is 0 Å². The Hall–Kier alpha value is -2.89. The van der Waals surface area contributed by atoms with Gasteiger partial charge in [-0.3, -0.25) is 14.4 Å². The van der Waals surface area contributed by atoms with Gasteiger partial charge >= 0.3 is 17.9 Å². The lowest BCUT2D eigenvalue weighted by atomic mass is 10.1. The topological polar surface area (TPSA) is 78.9 Å². The molecule has 0 aromatic carbocycles. The summed E-state index contributed by atoms with van der Waals surface area (Å²) in [6, 6.07) is 0. The molecule has 0 aliphatic heterocycles. The summed E-state index contributed by atoms with van der Waals surface area (Å²) in [5, 5.41) is 0. The molecule has 370 valence electrons. The number of carbonyl (C=O) groups is 3. The van der Waals surface area contributed by atoms with Crippen LogP contribution in [0.5, 0.6) is 0 Å². The van der Waals surface area contributed by atoms with E-state index < -0.39 is 6.10 Å². The second kappa shape index (κ2) is 52.7. The van der Waals surface area contributed by atoms with Gasteiger partial charge in [-0.1, -0.05) is 229 Å². The van der Waals surface area contributed by atoms with E-state index in [1.165, 1.54) is 128 Å². The van der Waals surface area contributed by atoms with Crippen LogP contribution in [0.1, 0.15) is 271 Å². The van der Waals surface area contributed by atoms with Crippen molar-refractivity contribution in [1.29, 1.82) is 0 Å². The van der Waals surface area contributed by atoms with E-state index in [0.29, 0.717) is 19.3 Å². The van der Waals surface area contributed by atoms with Gasteiger partial charge in [-0.25, -0.2) is 0 Å². The van der Waals surface area contributed by atoms with E-state index >= 15 is 0 Å². The maximum atomic E-state index is 12.8. The molecular weight excluding hydrogens is 793 g/mol. The monoisotopic (exact) mass is 895 g/mol. The Morgan fingerprint density at radius 2 is 0.578 bits per heavy atom. The van der Waals surface area contributed by atoms with E-state index in [-0.39, 0.29) is 31.1 Å². The molecule has 0 radical (unpaired) electrons. The zero-order valence-electron chi connectivity index (χ0n) is 42.3. The van der Waals surface area contributed by atoms with E-state index in [2.05, 4.69) is 81.5 Å². The van der Waals surface area contributed by atoms with Crippen LogP contribution in [0.2, 0.25) is 0 Å². The number of hydrogen-bond donors (Lipinski definition) is 0. The first-order valence-corrected chi connectivity index (χ1v) is 27.3. The predicted octanol–water partition coefficient (Wildman–Crippen LogP) is 18.0. The zero-order chi connectivity index (χ0) is 46.5. The normalized spacial score (nSPS) is 12.5. The lowest BCUT2D eigenvalue weighted by molar-refractivity contribution is -0.167. The number of carbonyl (C=O) groups excluding carboxylic acids is 3. The second-order valence-corrected chi connectivity index (χ2v) is 18.1. The second-order valence-electron chi connectivity index (χ2n) is 18.1. The van der Waals surface area contributed by atoms with Crippen molar-refractivity contribution in [3.8, 4) is 0 Å². The molecule has 0 spiro atoms. The third kappa shape index (κ3) is 50.1. The van der Waals surface area contributed by atoms with E-state index in [4.69, 9.17) is 14.2 Å². The van der Waals surface area contributed by atoms with Crippen molar-refractivity contribution in [1.82, 2.24) is 0 Å². The fourth-order valence-corrected chi connectivity index (χ4v) is 7.58. The Kier molecular flexibility index (Phi) is 50.4. The molecule has 1 unspecified atom stereocenters. The minimum absolute atomic E-state index is 0.0826. The van der Waals surface area contributed by atoms with Crippen LogP contribution >= 0.6 is 0 Å². The summed E-state index contributed by atoms with van der Waals surface area (Å²) in [6.45, 7) is 6.57. The van der Waals surface area contributed by atoms with Crippen LogP contribution in [0.3, 0.4) is 0 Å².